The summed E-state index contributed by atoms with van der Waals surface area (Å²) < 4.78 is 5.08. The highest BCUT2D eigenvalue weighted by Crippen LogP contribution is 2.30. The van der Waals surface area contributed by atoms with E-state index in [2.05, 4.69) is 11.8 Å². The normalized spacial score (nSPS) is 27.4. The Labute approximate surface area is 127 Å². The third kappa shape index (κ3) is 4.70. The first-order valence-corrected chi connectivity index (χ1v) is 8.24. The summed E-state index contributed by atoms with van der Waals surface area (Å²) in [5.74, 6) is 0.764. The van der Waals surface area contributed by atoms with Crippen molar-refractivity contribution in [2.24, 2.45) is 11.8 Å². The number of ether oxygens (including phenoxy) is 1. The molecule has 0 N–H and O–H groups in total. The molecule has 2 fully saturated rings. The molecule has 1 saturated carbocycles. The number of likely N-dealkylation sites (N-methyl/N-ethyl adjacent to an activating group) is 1. The summed E-state index contributed by atoms with van der Waals surface area (Å²) in [6.45, 7) is 8.97. The second-order valence-corrected chi connectivity index (χ2v) is 6.28. The Morgan fingerprint density at radius 3 is 2.19 bits per heavy atom. The number of amides is 1. The SMILES string of the molecule is CCN1CCN(C(=O)C2CCC(COC(C)=O)CC2)CC1. The van der Waals surface area contributed by atoms with Crippen LogP contribution in [0.15, 0.2) is 0 Å². The van der Waals surface area contributed by atoms with Crippen LogP contribution in [0, 0.1) is 11.8 Å². The maximum Gasteiger partial charge on any atom is 0.302 e. The van der Waals surface area contributed by atoms with E-state index < -0.39 is 0 Å². The van der Waals surface area contributed by atoms with Gasteiger partial charge in [-0.05, 0) is 38.1 Å². The Hall–Kier alpha value is -1.10. The van der Waals surface area contributed by atoms with Gasteiger partial charge in [-0.3, -0.25) is 9.59 Å². The molecule has 1 saturated heterocycles. The van der Waals surface area contributed by atoms with Crippen molar-refractivity contribution in [3.63, 3.8) is 0 Å². The van der Waals surface area contributed by atoms with Crippen LogP contribution in [-0.4, -0.2) is 61.0 Å². The van der Waals surface area contributed by atoms with E-state index >= 15 is 0 Å². The molecule has 5 nitrogen and oxygen atoms in total. The number of piperazine rings is 1. The van der Waals surface area contributed by atoms with Gasteiger partial charge in [0, 0.05) is 39.0 Å². The Bertz CT molecular complexity index is 357. The summed E-state index contributed by atoms with van der Waals surface area (Å²) in [6.07, 6.45) is 3.88. The van der Waals surface area contributed by atoms with E-state index in [1.807, 2.05) is 4.90 Å². The van der Waals surface area contributed by atoms with Crippen molar-refractivity contribution in [1.82, 2.24) is 9.80 Å². The highest BCUT2D eigenvalue weighted by Gasteiger charge is 2.31. The Balaban J connectivity index is 1.72. The van der Waals surface area contributed by atoms with E-state index in [9.17, 15) is 9.59 Å². The van der Waals surface area contributed by atoms with E-state index in [-0.39, 0.29) is 11.9 Å². The highest BCUT2D eigenvalue weighted by atomic mass is 16.5. The first-order chi connectivity index (χ1) is 10.1. The average molecular weight is 296 g/mol. The van der Waals surface area contributed by atoms with Gasteiger partial charge < -0.3 is 14.5 Å². The number of hydrogen-bond acceptors (Lipinski definition) is 4. The van der Waals surface area contributed by atoms with Gasteiger partial charge in [0.2, 0.25) is 5.91 Å². The molecule has 0 aromatic rings. The molecule has 0 aromatic carbocycles. The fourth-order valence-corrected chi connectivity index (χ4v) is 3.35. The summed E-state index contributed by atoms with van der Waals surface area (Å²) >= 11 is 0. The van der Waals surface area contributed by atoms with E-state index in [0.29, 0.717) is 18.4 Å². The molecule has 1 aliphatic carbocycles. The van der Waals surface area contributed by atoms with Crippen LogP contribution in [0.25, 0.3) is 0 Å². The minimum Gasteiger partial charge on any atom is -0.466 e. The minimum absolute atomic E-state index is 0.187. The molecule has 1 aliphatic heterocycles. The number of hydrogen-bond donors (Lipinski definition) is 0. The molecule has 0 unspecified atom stereocenters. The topological polar surface area (TPSA) is 49.9 Å². The van der Waals surface area contributed by atoms with Gasteiger partial charge in [0.15, 0.2) is 0 Å². The number of carbonyl (C=O) groups is 2. The first-order valence-electron chi connectivity index (χ1n) is 8.24. The average Bonchev–Trinajstić information content (AvgIpc) is 2.53. The lowest BCUT2D eigenvalue weighted by Gasteiger charge is -2.37. The van der Waals surface area contributed by atoms with Gasteiger partial charge in [0.1, 0.15) is 0 Å². The molecule has 120 valence electrons. The minimum atomic E-state index is -0.206. The van der Waals surface area contributed by atoms with E-state index in [1.165, 1.54) is 6.92 Å². The number of carbonyl (C=O) groups excluding carboxylic acids is 2. The lowest BCUT2D eigenvalue weighted by molar-refractivity contribution is -0.144. The van der Waals surface area contributed by atoms with Gasteiger partial charge in [-0.15, -0.1) is 0 Å². The van der Waals surface area contributed by atoms with Crippen molar-refractivity contribution in [3.8, 4) is 0 Å². The van der Waals surface area contributed by atoms with Crippen molar-refractivity contribution in [2.45, 2.75) is 39.5 Å². The zero-order valence-corrected chi connectivity index (χ0v) is 13.3. The van der Waals surface area contributed by atoms with Crippen molar-refractivity contribution >= 4 is 11.9 Å². The van der Waals surface area contributed by atoms with Crippen LogP contribution in [0.2, 0.25) is 0 Å². The third-order valence-electron chi connectivity index (χ3n) is 4.85. The molecule has 0 bridgehead atoms. The Morgan fingerprint density at radius 1 is 1.05 bits per heavy atom. The van der Waals surface area contributed by atoms with Crippen molar-refractivity contribution in [1.29, 1.82) is 0 Å². The van der Waals surface area contributed by atoms with Crippen LogP contribution in [0.5, 0.6) is 0 Å². The second-order valence-electron chi connectivity index (χ2n) is 6.28. The maximum absolute atomic E-state index is 12.5. The molecule has 1 amide bonds. The molecule has 21 heavy (non-hydrogen) atoms. The van der Waals surface area contributed by atoms with Gasteiger partial charge in [-0.2, -0.15) is 0 Å². The fourth-order valence-electron chi connectivity index (χ4n) is 3.35. The first kappa shape index (κ1) is 16.3. The standard InChI is InChI=1S/C16H28N2O3/c1-3-17-8-10-18(11-9-17)16(20)15-6-4-14(5-7-15)12-21-13(2)19/h14-15H,3-12H2,1-2H3. The molecule has 0 aromatic heterocycles. The summed E-state index contributed by atoms with van der Waals surface area (Å²) in [7, 11) is 0. The van der Waals surface area contributed by atoms with E-state index in [4.69, 9.17) is 4.74 Å². The quantitative estimate of drug-likeness (QED) is 0.738. The van der Waals surface area contributed by atoms with E-state index in [1.54, 1.807) is 0 Å². The van der Waals surface area contributed by atoms with E-state index in [0.717, 1.165) is 58.4 Å². The van der Waals surface area contributed by atoms with Crippen molar-refractivity contribution < 1.29 is 14.3 Å². The molecule has 1 heterocycles. The Morgan fingerprint density at radius 2 is 1.67 bits per heavy atom. The third-order valence-corrected chi connectivity index (χ3v) is 4.85. The monoisotopic (exact) mass is 296 g/mol. The summed E-state index contributed by atoms with van der Waals surface area (Å²) in [4.78, 5) is 27.8. The number of rotatable bonds is 4. The number of esters is 1. The lowest BCUT2D eigenvalue weighted by atomic mass is 9.81. The van der Waals surface area contributed by atoms with Crippen LogP contribution >= 0.6 is 0 Å². The molecule has 5 heteroatoms. The maximum atomic E-state index is 12.5. The van der Waals surface area contributed by atoms with Crippen molar-refractivity contribution in [2.75, 3.05) is 39.3 Å². The highest BCUT2D eigenvalue weighted by molar-refractivity contribution is 5.79. The molecule has 0 spiro atoms. The van der Waals surface area contributed by atoms with Crippen LogP contribution < -0.4 is 0 Å². The lowest BCUT2D eigenvalue weighted by Crippen LogP contribution is -2.50. The van der Waals surface area contributed by atoms with Crippen LogP contribution in [0.4, 0.5) is 0 Å². The Kier molecular flexibility index (Phi) is 6.03. The molecular weight excluding hydrogens is 268 g/mol. The van der Waals surface area contributed by atoms with Gasteiger partial charge in [-0.1, -0.05) is 6.92 Å². The molecule has 0 radical (unpaired) electrons. The van der Waals surface area contributed by atoms with Gasteiger partial charge in [-0.25, -0.2) is 0 Å². The second kappa shape index (κ2) is 7.78. The largest absolute Gasteiger partial charge is 0.466 e. The molecule has 2 rings (SSSR count). The predicted octanol–water partition coefficient (Wildman–Crippen LogP) is 1.52. The fraction of sp³-hybridized carbons (Fsp3) is 0.875. The zero-order chi connectivity index (χ0) is 15.2. The van der Waals surface area contributed by atoms with Crippen molar-refractivity contribution in [3.05, 3.63) is 0 Å². The summed E-state index contributed by atoms with van der Waals surface area (Å²) in [6, 6.07) is 0. The van der Waals surface area contributed by atoms with Crippen LogP contribution in [0.1, 0.15) is 39.5 Å². The summed E-state index contributed by atoms with van der Waals surface area (Å²) in [5.41, 5.74) is 0. The smallest absolute Gasteiger partial charge is 0.302 e. The van der Waals surface area contributed by atoms with Gasteiger partial charge >= 0.3 is 5.97 Å². The molecular formula is C16H28N2O3. The molecule has 0 atom stereocenters. The molecule has 2 aliphatic rings. The van der Waals surface area contributed by atoms with Gasteiger partial charge in [0.05, 0.1) is 6.61 Å². The zero-order valence-electron chi connectivity index (χ0n) is 13.3. The number of nitrogens with zero attached hydrogens (tertiary/aromatic N) is 2. The van der Waals surface area contributed by atoms with Crippen LogP contribution in [0.3, 0.4) is 0 Å². The van der Waals surface area contributed by atoms with Crippen LogP contribution in [-0.2, 0) is 14.3 Å². The summed E-state index contributed by atoms with van der Waals surface area (Å²) in [5, 5.41) is 0. The predicted molar refractivity (Wildman–Crippen MR) is 80.8 cm³/mol. The van der Waals surface area contributed by atoms with Gasteiger partial charge in [0.25, 0.3) is 0 Å².